The van der Waals surface area contributed by atoms with Crippen LogP contribution in [-0.4, -0.2) is 49.2 Å². The van der Waals surface area contributed by atoms with Gasteiger partial charge in [0.05, 0.1) is 43.2 Å². The molecule has 2 aliphatic rings. The number of Topliss-reactive ketones (excluding diaryl/α,β-unsaturated/α-hetero) is 1. The topological polar surface area (TPSA) is 107 Å². The molecule has 6 rings (SSSR count). The molecule has 1 fully saturated rings. The standard InChI is InChI=1S/C32H30N2O7S/c1-15-9-16(2)26-24(10-15)42-32(33-26)34-27(20-13-22(38-4)30(40-6)23(14-20)39-5)25(29(36)31(34)37)28(35)18-7-8-21-19(12-18)11-17(3)41-21/h7-10,12-14,17,27,35H,11H2,1-6H3/t17-,27+/m0/s1. The number of ether oxygens (including phenoxy) is 4. The number of methoxy groups -OCH3 is 3. The number of hydrogen-bond acceptors (Lipinski definition) is 9. The molecule has 0 bridgehead atoms. The van der Waals surface area contributed by atoms with E-state index in [1.54, 1.807) is 30.3 Å². The van der Waals surface area contributed by atoms with Gasteiger partial charge in [-0.1, -0.05) is 17.4 Å². The van der Waals surface area contributed by atoms with Gasteiger partial charge in [0.25, 0.3) is 5.78 Å². The fourth-order valence-corrected chi connectivity index (χ4v) is 6.96. The van der Waals surface area contributed by atoms with E-state index in [9.17, 15) is 14.7 Å². The fraction of sp³-hybridized carbons (Fsp3) is 0.281. The predicted molar refractivity (Wildman–Crippen MR) is 160 cm³/mol. The molecule has 0 unspecified atom stereocenters. The first kappa shape index (κ1) is 27.6. The van der Waals surface area contributed by atoms with Crippen molar-refractivity contribution in [3.8, 4) is 23.0 Å². The van der Waals surface area contributed by atoms with Crippen LogP contribution in [0.2, 0.25) is 0 Å². The largest absolute Gasteiger partial charge is 0.507 e. The van der Waals surface area contributed by atoms with Crippen LogP contribution >= 0.6 is 11.3 Å². The van der Waals surface area contributed by atoms with E-state index in [1.807, 2.05) is 32.9 Å². The molecule has 1 N–H and O–H groups in total. The van der Waals surface area contributed by atoms with Crippen molar-refractivity contribution >= 4 is 44.1 Å². The molecule has 0 aliphatic carbocycles. The number of ketones is 1. The molecular weight excluding hydrogens is 556 g/mol. The third kappa shape index (κ3) is 4.34. The van der Waals surface area contributed by atoms with Gasteiger partial charge in [-0.2, -0.15) is 0 Å². The lowest BCUT2D eigenvalue weighted by Gasteiger charge is -2.24. The maximum absolute atomic E-state index is 13.8. The summed E-state index contributed by atoms with van der Waals surface area (Å²) in [4.78, 5) is 33.8. The SMILES string of the molecule is COc1cc([C@@H]2C(=C(O)c3ccc4c(c3)C[C@H](C)O4)C(=O)C(=O)N2c2nc3c(C)cc(C)cc3s2)cc(OC)c1OC. The van der Waals surface area contributed by atoms with Gasteiger partial charge in [-0.25, -0.2) is 4.98 Å². The summed E-state index contributed by atoms with van der Waals surface area (Å²) in [6.07, 6.45) is 0.680. The first-order chi connectivity index (χ1) is 20.1. The molecular formula is C32H30N2O7S. The number of nitrogens with zero attached hydrogens (tertiary/aromatic N) is 2. The van der Waals surface area contributed by atoms with Crippen LogP contribution < -0.4 is 23.8 Å². The lowest BCUT2D eigenvalue weighted by atomic mass is 9.94. The maximum atomic E-state index is 13.8. The van der Waals surface area contributed by atoms with Crippen molar-refractivity contribution in [2.24, 2.45) is 0 Å². The quantitative estimate of drug-likeness (QED) is 0.169. The molecule has 0 spiro atoms. The van der Waals surface area contributed by atoms with E-state index < -0.39 is 17.7 Å². The molecule has 0 radical (unpaired) electrons. The number of aromatic nitrogens is 1. The van der Waals surface area contributed by atoms with Gasteiger partial charge < -0.3 is 24.1 Å². The molecule has 3 aromatic carbocycles. The number of aliphatic hydroxyl groups is 1. The Kier molecular flexibility index (Phi) is 6.81. The van der Waals surface area contributed by atoms with E-state index in [0.717, 1.165) is 32.7 Å². The summed E-state index contributed by atoms with van der Waals surface area (Å²) in [6.45, 7) is 5.93. The highest BCUT2D eigenvalue weighted by molar-refractivity contribution is 7.22. The Hall–Kier alpha value is -4.57. The van der Waals surface area contributed by atoms with Gasteiger partial charge in [0.15, 0.2) is 16.6 Å². The number of anilines is 1. The summed E-state index contributed by atoms with van der Waals surface area (Å²) >= 11 is 1.31. The molecule has 0 saturated carbocycles. The zero-order valence-corrected chi connectivity index (χ0v) is 24.9. The van der Waals surface area contributed by atoms with Crippen LogP contribution in [0, 0.1) is 13.8 Å². The fourth-order valence-electron chi connectivity index (χ4n) is 5.79. The molecule has 1 saturated heterocycles. The highest BCUT2D eigenvalue weighted by atomic mass is 32.1. The summed E-state index contributed by atoms with van der Waals surface area (Å²) in [7, 11) is 4.48. The number of fused-ring (bicyclic) bond motifs is 2. The molecule has 2 atom stereocenters. The van der Waals surface area contributed by atoms with Gasteiger partial charge in [-0.3, -0.25) is 14.5 Å². The number of carbonyl (C=O) groups is 2. The van der Waals surface area contributed by atoms with Gasteiger partial charge in [0.1, 0.15) is 17.6 Å². The molecule has 1 amide bonds. The number of aliphatic hydroxyl groups excluding tert-OH is 1. The summed E-state index contributed by atoms with van der Waals surface area (Å²) in [5, 5.41) is 12.1. The molecule has 216 valence electrons. The van der Waals surface area contributed by atoms with Crippen molar-refractivity contribution in [3.63, 3.8) is 0 Å². The minimum atomic E-state index is -1.02. The van der Waals surface area contributed by atoms with Crippen LogP contribution in [0.25, 0.3) is 16.0 Å². The van der Waals surface area contributed by atoms with Crippen LogP contribution in [0.4, 0.5) is 5.13 Å². The van der Waals surface area contributed by atoms with E-state index >= 15 is 0 Å². The van der Waals surface area contributed by atoms with Gasteiger partial charge in [0.2, 0.25) is 5.75 Å². The number of aryl methyl sites for hydroxylation is 2. The van der Waals surface area contributed by atoms with Crippen molar-refractivity contribution in [1.82, 2.24) is 4.98 Å². The van der Waals surface area contributed by atoms with Crippen LogP contribution in [0.15, 0.2) is 48.0 Å². The minimum Gasteiger partial charge on any atom is -0.507 e. The van der Waals surface area contributed by atoms with Crippen LogP contribution in [0.5, 0.6) is 23.0 Å². The third-order valence-electron chi connectivity index (χ3n) is 7.64. The highest BCUT2D eigenvalue weighted by Gasteiger charge is 2.49. The maximum Gasteiger partial charge on any atom is 0.301 e. The van der Waals surface area contributed by atoms with Crippen molar-refractivity contribution in [2.45, 2.75) is 39.3 Å². The Bertz CT molecular complexity index is 1780. The monoisotopic (exact) mass is 586 g/mol. The number of benzene rings is 3. The first-order valence-corrected chi connectivity index (χ1v) is 14.3. The lowest BCUT2D eigenvalue weighted by Crippen LogP contribution is -2.29. The second-order valence-corrected chi connectivity index (χ2v) is 11.5. The minimum absolute atomic E-state index is 0.00772. The number of hydrogen-bond donors (Lipinski definition) is 1. The van der Waals surface area contributed by atoms with E-state index in [4.69, 9.17) is 23.9 Å². The van der Waals surface area contributed by atoms with Gasteiger partial charge >= 0.3 is 5.91 Å². The number of amides is 1. The lowest BCUT2D eigenvalue weighted by molar-refractivity contribution is -0.132. The molecule has 9 nitrogen and oxygen atoms in total. The molecule has 42 heavy (non-hydrogen) atoms. The van der Waals surface area contributed by atoms with Gasteiger partial charge in [0, 0.05) is 12.0 Å². The molecule has 1 aromatic heterocycles. The summed E-state index contributed by atoms with van der Waals surface area (Å²) in [5.74, 6) is -0.107. The summed E-state index contributed by atoms with van der Waals surface area (Å²) in [6, 6.07) is 11.6. The Labute approximate surface area is 246 Å². The smallest absolute Gasteiger partial charge is 0.301 e. The van der Waals surface area contributed by atoms with Gasteiger partial charge in [-0.15, -0.1) is 0 Å². The zero-order chi connectivity index (χ0) is 29.9. The third-order valence-corrected chi connectivity index (χ3v) is 8.64. The van der Waals surface area contributed by atoms with E-state index in [0.29, 0.717) is 39.9 Å². The van der Waals surface area contributed by atoms with Crippen LogP contribution in [0.3, 0.4) is 0 Å². The second kappa shape index (κ2) is 10.4. The predicted octanol–water partition coefficient (Wildman–Crippen LogP) is 5.89. The van der Waals surface area contributed by atoms with Crippen molar-refractivity contribution < 1.29 is 33.6 Å². The van der Waals surface area contributed by atoms with E-state index in [-0.39, 0.29) is 17.4 Å². The van der Waals surface area contributed by atoms with Crippen LogP contribution in [0.1, 0.15) is 40.8 Å². The summed E-state index contributed by atoms with van der Waals surface area (Å²) < 4.78 is 23.4. The Morgan fingerprint density at radius 3 is 2.40 bits per heavy atom. The zero-order valence-electron chi connectivity index (χ0n) is 24.1. The highest BCUT2D eigenvalue weighted by Crippen LogP contribution is 2.48. The average Bonchev–Trinajstić information content (AvgIpc) is 3.64. The van der Waals surface area contributed by atoms with E-state index in [2.05, 4.69) is 0 Å². The van der Waals surface area contributed by atoms with Crippen molar-refractivity contribution in [1.29, 1.82) is 0 Å². The Balaban J connectivity index is 1.60. The Morgan fingerprint density at radius 1 is 1.02 bits per heavy atom. The molecule has 4 aromatic rings. The number of rotatable bonds is 6. The van der Waals surface area contributed by atoms with Crippen LogP contribution in [-0.2, 0) is 16.0 Å². The molecule has 10 heteroatoms. The Morgan fingerprint density at radius 2 is 1.74 bits per heavy atom. The van der Waals surface area contributed by atoms with Crippen molar-refractivity contribution in [2.75, 3.05) is 26.2 Å². The average molecular weight is 587 g/mol. The molecule has 2 aliphatic heterocycles. The molecule has 3 heterocycles. The van der Waals surface area contributed by atoms with E-state index in [1.165, 1.54) is 37.6 Å². The normalized spacial score (nSPS) is 19.2. The summed E-state index contributed by atoms with van der Waals surface area (Å²) in [5.41, 5.74) is 4.53. The van der Waals surface area contributed by atoms with Gasteiger partial charge in [-0.05, 0) is 79.4 Å². The number of carbonyl (C=O) groups excluding carboxylic acids is 2. The number of thiazole rings is 1. The first-order valence-electron chi connectivity index (χ1n) is 13.4. The van der Waals surface area contributed by atoms with Crippen molar-refractivity contribution in [3.05, 3.63) is 75.9 Å². The second-order valence-electron chi connectivity index (χ2n) is 10.5.